The number of aliphatic hydroxyl groups is 2. The van der Waals surface area contributed by atoms with E-state index in [2.05, 4.69) is 37.5 Å². The molecule has 282 valence electrons. The van der Waals surface area contributed by atoms with Gasteiger partial charge in [-0.2, -0.15) is 0 Å². The van der Waals surface area contributed by atoms with E-state index in [4.69, 9.17) is 33.4 Å². The molecule has 52 heavy (non-hydrogen) atoms. The summed E-state index contributed by atoms with van der Waals surface area (Å²) in [5.74, 6) is -0.431. The first-order chi connectivity index (χ1) is 24.9. The molecule has 2 fully saturated rings. The molecule has 0 bridgehead atoms. The van der Waals surface area contributed by atoms with Gasteiger partial charge in [0, 0.05) is 24.3 Å². The molecule has 0 aliphatic carbocycles. The van der Waals surface area contributed by atoms with Crippen molar-refractivity contribution in [2.75, 3.05) is 31.7 Å². The summed E-state index contributed by atoms with van der Waals surface area (Å²) in [6.07, 6.45) is -1.78. The lowest BCUT2D eigenvalue weighted by Gasteiger charge is -2.31. The average Bonchev–Trinajstić information content (AvgIpc) is 3.84. The molecule has 11 atom stereocenters. The Hall–Kier alpha value is -1.79. The molecule has 18 nitrogen and oxygen atoms in total. The van der Waals surface area contributed by atoms with E-state index in [1.807, 2.05) is 0 Å². The van der Waals surface area contributed by atoms with E-state index < -0.39 is 87.1 Å². The summed E-state index contributed by atoms with van der Waals surface area (Å²) < 4.78 is 61.4. The average molecular weight is 916 g/mol. The number of anilines is 1. The molecule has 3 aliphatic rings. The summed E-state index contributed by atoms with van der Waals surface area (Å²) in [4.78, 5) is 41.8. The highest BCUT2D eigenvalue weighted by Gasteiger charge is 2.54. The second-order valence-electron chi connectivity index (χ2n) is 12.6. The van der Waals surface area contributed by atoms with E-state index in [1.165, 1.54) is 35.0 Å². The Bertz CT molecular complexity index is 2080. The summed E-state index contributed by atoms with van der Waals surface area (Å²) >= 11 is 11.1. The molecule has 24 heteroatoms. The molecule has 2 unspecified atom stereocenters. The van der Waals surface area contributed by atoms with Crippen LogP contribution in [-0.2, 0) is 50.9 Å². The molecule has 3 aliphatic heterocycles. The Morgan fingerprint density at radius 2 is 2.00 bits per heavy atom. The molecule has 0 saturated carbocycles. The minimum Gasteiger partial charge on any atom is -0.394 e. The summed E-state index contributed by atoms with van der Waals surface area (Å²) in [6.45, 7) is -2.15. The standard InChI is InChI=1S/C28H34FIN8O10P2S2/c1-13(17-15(8-39)46-27(19(17)29)37-7-14-3-2-4-31-23-18(14)24(37)33-10-32-23)50(43,52)45-9-16-21(40)22(48-49(42)51)28(47-16)38-12-34-20-25(38)35-11-36(26(20)41)5-6-44-30/h7,10-13,15-17,19,21-22,27-28,39-40H,2-6,8-9H2,1H3,(H2-,31,32,33,42,43,51,52)/p+1/t13-,15-,16-,17-,19-,21-,22-,27-,28-,50?/m1/s1. The van der Waals surface area contributed by atoms with Crippen LogP contribution in [0.15, 0.2) is 30.0 Å². The fourth-order valence-electron chi connectivity index (χ4n) is 7.10. The number of aliphatic hydroxyl groups excluding tert-OH is 2. The smallest absolute Gasteiger partial charge is 0.394 e. The Labute approximate surface area is 320 Å². The molecular weight excluding hydrogens is 880 g/mol. The Kier molecular flexibility index (Phi) is 11.7. The fourth-order valence-corrected chi connectivity index (χ4v) is 10.1. The molecule has 0 amide bonds. The Balaban J connectivity index is 1.09. The van der Waals surface area contributed by atoms with Gasteiger partial charge in [0.1, 0.15) is 71.6 Å². The molecule has 0 radical (unpaired) electrons. The SMILES string of the molecule is C[C@H]([C@H]1[C@@H](F)[C@H](n2cc3c4c(ncnc42)NCCC3)O[C@@H]1CO)P(O)(=S)OC[C@H]1O[C@@H](n2cnc3c(=O)n(CCOI)cnc32)[C@H](O[P+](=O)S)[C@@H]1O. The Morgan fingerprint density at radius 1 is 1.21 bits per heavy atom. The third-order valence-corrected chi connectivity index (χ3v) is 14.0. The van der Waals surface area contributed by atoms with Gasteiger partial charge < -0.3 is 42.1 Å². The van der Waals surface area contributed by atoms with E-state index in [-0.39, 0.29) is 24.3 Å². The van der Waals surface area contributed by atoms with Gasteiger partial charge in [-0.1, -0.05) is 6.92 Å². The second kappa shape index (κ2) is 15.8. The van der Waals surface area contributed by atoms with Crippen LogP contribution in [0, 0.1) is 5.92 Å². The number of imidazole rings is 1. The molecule has 7 heterocycles. The van der Waals surface area contributed by atoms with Crippen molar-refractivity contribution in [1.29, 1.82) is 0 Å². The van der Waals surface area contributed by atoms with Crippen LogP contribution < -0.4 is 10.9 Å². The predicted octanol–water partition coefficient (Wildman–Crippen LogP) is 2.54. The van der Waals surface area contributed by atoms with E-state index in [1.54, 1.807) is 33.8 Å². The lowest BCUT2D eigenvalue weighted by molar-refractivity contribution is -0.0446. The van der Waals surface area contributed by atoms with E-state index in [0.717, 1.165) is 30.3 Å². The molecule has 4 aromatic heterocycles. The topological polar surface area (TPSA) is 219 Å². The second-order valence-corrected chi connectivity index (χ2v) is 18.7. The van der Waals surface area contributed by atoms with Crippen LogP contribution in [0.1, 0.15) is 31.4 Å². The molecular formula is C28H35FIN8O10P2S2+. The summed E-state index contributed by atoms with van der Waals surface area (Å²) in [5, 5.41) is 25.6. The number of rotatable bonds is 13. The summed E-state index contributed by atoms with van der Waals surface area (Å²) in [5.41, 5.74) is 0.0692. The number of aryl methyl sites for hydroxylation is 1. The molecule has 2 saturated heterocycles. The third-order valence-electron chi connectivity index (χ3n) is 9.70. The van der Waals surface area contributed by atoms with Crippen molar-refractivity contribution in [2.24, 2.45) is 5.92 Å². The zero-order chi connectivity index (χ0) is 36.9. The lowest BCUT2D eigenvalue weighted by Crippen LogP contribution is -2.36. The van der Waals surface area contributed by atoms with E-state index in [0.29, 0.717) is 11.5 Å². The van der Waals surface area contributed by atoms with Crippen LogP contribution in [-0.4, -0.2) is 111 Å². The van der Waals surface area contributed by atoms with Gasteiger partial charge in [0.2, 0.25) is 0 Å². The number of nitrogens with zero attached hydrogens (tertiary/aromatic N) is 7. The number of ether oxygens (including phenoxy) is 2. The maximum atomic E-state index is 16.5. The fraction of sp³-hybridized carbons (Fsp3) is 0.607. The van der Waals surface area contributed by atoms with Gasteiger partial charge in [-0.05, 0) is 34.8 Å². The van der Waals surface area contributed by atoms with Crippen molar-refractivity contribution < 1.29 is 45.6 Å². The largest absolute Gasteiger partial charge is 0.582 e. The maximum absolute atomic E-state index is 16.5. The molecule has 0 spiro atoms. The van der Waals surface area contributed by atoms with Gasteiger partial charge in [0.25, 0.3) is 5.56 Å². The number of alkyl halides is 1. The quantitative estimate of drug-likeness (QED) is 0.0740. The minimum atomic E-state index is -3.89. The molecule has 0 aromatic carbocycles. The highest BCUT2D eigenvalue weighted by atomic mass is 127. The molecule has 7 rings (SSSR count). The van der Waals surface area contributed by atoms with Gasteiger partial charge >= 0.3 is 7.23 Å². The van der Waals surface area contributed by atoms with Crippen molar-refractivity contribution >= 4 is 88.8 Å². The number of hydrogen-bond acceptors (Lipinski definition) is 15. The van der Waals surface area contributed by atoms with Gasteiger partial charge in [0.05, 0.1) is 44.2 Å². The first-order valence-electron chi connectivity index (χ1n) is 16.2. The predicted molar refractivity (Wildman–Crippen MR) is 199 cm³/mol. The number of hydrogen-bond donors (Lipinski definition) is 5. The van der Waals surface area contributed by atoms with Gasteiger partial charge in [-0.15, -0.1) is 4.52 Å². The van der Waals surface area contributed by atoms with Crippen LogP contribution in [0.5, 0.6) is 0 Å². The minimum absolute atomic E-state index is 0.00986. The van der Waals surface area contributed by atoms with Gasteiger partial charge in [-0.3, -0.25) is 13.9 Å². The monoisotopic (exact) mass is 915 g/mol. The highest BCUT2D eigenvalue weighted by Crippen LogP contribution is 2.56. The van der Waals surface area contributed by atoms with Crippen molar-refractivity contribution in [3.05, 3.63) is 41.1 Å². The molecule has 4 N–H and O–H groups in total. The number of nitrogens with one attached hydrogen (secondary N) is 1. The van der Waals surface area contributed by atoms with Crippen molar-refractivity contribution in [2.45, 2.75) is 75.0 Å². The number of halogens is 2. The van der Waals surface area contributed by atoms with E-state index >= 15 is 4.39 Å². The van der Waals surface area contributed by atoms with Gasteiger partial charge in [-0.25, -0.2) is 24.3 Å². The first kappa shape index (κ1) is 38.5. The van der Waals surface area contributed by atoms with Crippen LogP contribution in [0.4, 0.5) is 10.2 Å². The zero-order valence-corrected chi connectivity index (χ0v) is 32.9. The lowest BCUT2D eigenvalue weighted by atomic mass is 9.96. The normalized spacial score (nSPS) is 29.6. The maximum Gasteiger partial charge on any atom is 0.582 e. The van der Waals surface area contributed by atoms with Crippen LogP contribution in [0.25, 0.3) is 22.2 Å². The third kappa shape index (κ3) is 7.08. The van der Waals surface area contributed by atoms with Crippen molar-refractivity contribution in [3.8, 4) is 0 Å². The number of fused-ring (bicyclic) bond motifs is 1. The van der Waals surface area contributed by atoms with Crippen molar-refractivity contribution in [1.82, 2.24) is 33.6 Å². The highest BCUT2D eigenvalue weighted by molar-refractivity contribution is 14.1. The first-order valence-corrected chi connectivity index (χ1v) is 22.2. The van der Waals surface area contributed by atoms with Crippen LogP contribution >= 0.6 is 49.0 Å². The van der Waals surface area contributed by atoms with Gasteiger partial charge in [0.15, 0.2) is 42.4 Å². The van der Waals surface area contributed by atoms with Crippen molar-refractivity contribution in [3.63, 3.8) is 0 Å². The van der Waals surface area contributed by atoms with Crippen LogP contribution in [0.3, 0.4) is 0 Å². The molecule has 4 aromatic rings. The number of thiol groups is 1. The van der Waals surface area contributed by atoms with Crippen LogP contribution in [0.2, 0.25) is 0 Å². The summed E-state index contributed by atoms with van der Waals surface area (Å²) in [6, 6.07) is 0. The number of aromatic nitrogens is 7. The summed E-state index contributed by atoms with van der Waals surface area (Å²) in [7, 11) is -2.54. The zero-order valence-electron chi connectivity index (χ0n) is 27.3. The Morgan fingerprint density at radius 3 is 2.75 bits per heavy atom. The van der Waals surface area contributed by atoms with E-state index in [9.17, 15) is 24.5 Å².